The van der Waals surface area contributed by atoms with Crippen molar-refractivity contribution in [1.82, 2.24) is 0 Å². The molecule has 2 aromatic carbocycles. The Labute approximate surface area is 120 Å². The van der Waals surface area contributed by atoms with Gasteiger partial charge in [-0.05, 0) is 55.0 Å². The maximum atomic E-state index is 8.05. The Hall–Kier alpha value is -1.93. The van der Waals surface area contributed by atoms with Crippen molar-refractivity contribution < 1.29 is 14.6 Å². The third kappa shape index (κ3) is 4.04. The Morgan fingerprint density at radius 3 is 2.50 bits per heavy atom. The number of nitrogen functional groups attached to an aromatic ring is 1. The lowest BCUT2D eigenvalue weighted by molar-refractivity contribution is -0.432. The van der Waals surface area contributed by atoms with E-state index in [4.69, 9.17) is 11.0 Å². The van der Waals surface area contributed by atoms with E-state index in [1.54, 1.807) is 30.3 Å². The summed E-state index contributed by atoms with van der Waals surface area (Å²) in [4.78, 5) is 0.765. The average Bonchev–Trinajstić information content (AvgIpc) is 2.45. The third-order valence-corrected chi connectivity index (χ3v) is 3.08. The molecular formula is C13H13N3O3S. The maximum absolute atomic E-state index is 8.05. The molecule has 0 saturated heterocycles. The van der Waals surface area contributed by atoms with E-state index in [2.05, 4.69) is 19.6 Å². The molecule has 3 N–H and O–H groups in total. The first-order valence-electron chi connectivity index (χ1n) is 5.72. The normalized spacial score (nSPS) is 11.1. The van der Waals surface area contributed by atoms with Gasteiger partial charge >= 0.3 is 0 Å². The lowest BCUT2D eigenvalue weighted by Crippen LogP contribution is -1.84. The Balaban J connectivity index is 2.07. The zero-order valence-corrected chi connectivity index (χ0v) is 11.5. The first kappa shape index (κ1) is 14.5. The summed E-state index contributed by atoms with van der Waals surface area (Å²) in [6, 6.07) is 12.6. The first-order valence-corrected chi connectivity index (χ1v) is 6.46. The van der Waals surface area contributed by atoms with Crippen LogP contribution in [0, 0.1) is 6.92 Å². The molecule has 0 unspecified atom stereocenters. The van der Waals surface area contributed by atoms with Gasteiger partial charge in [0.2, 0.25) is 0 Å². The van der Waals surface area contributed by atoms with Crippen LogP contribution >= 0.6 is 12.0 Å². The van der Waals surface area contributed by atoms with Gasteiger partial charge in [-0.1, -0.05) is 5.04 Å². The van der Waals surface area contributed by atoms with Crippen molar-refractivity contribution in [2.75, 3.05) is 5.73 Å². The first-order chi connectivity index (χ1) is 9.69. The molecule has 0 aliphatic rings. The second kappa shape index (κ2) is 7.01. The summed E-state index contributed by atoms with van der Waals surface area (Å²) in [7, 11) is 0. The Morgan fingerprint density at radius 2 is 1.85 bits per heavy atom. The molecule has 104 valence electrons. The monoisotopic (exact) mass is 291 g/mol. The van der Waals surface area contributed by atoms with Crippen LogP contribution in [-0.2, 0) is 9.37 Å². The van der Waals surface area contributed by atoms with Crippen LogP contribution in [0.3, 0.4) is 0 Å². The summed E-state index contributed by atoms with van der Waals surface area (Å²) in [5, 5.41) is 19.9. The van der Waals surface area contributed by atoms with Crippen LogP contribution in [0.4, 0.5) is 17.1 Å². The predicted molar refractivity (Wildman–Crippen MR) is 76.9 cm³/mol. The van der Waals surface area contributed by atoms with Crippen molar-refractivity contribution >= 4 is 29.1 Å². The Bertz CT molecular complexity index is 602. The molecule has 0 atom stereocenters. The molecule has 0 radical (unpaired) electrons. The van der Waals surface area contributed by atoms with Crippen molar-refractivity contribution in [2.45, 2.75) is 11.8 Å². The molecule has 0 spiro atoms. The summed E-state index contributed by atoms with van der Waals surface area (Å²) < 4.78 is 4.32. The molecule has 0 aromatic heterocycles. The van der Waals surface area contributed by atoms with E-state index in [0.717, 1.165) is 28.2 Å². The molecule has 0 aliphatic heterocycles. The van der Waals surface area contributed by atoms with Gasteiger partial charge in [0.1, 0.15) is 0 Å². The smallest absolute Gasteiger partial charge is 0.0887 e. The highest BCUT2D eigenvalue weighted by molar-refractivity contribution is 7.94. The van der Waals surface area contributed by atoms with Gasteiger partial charge in [0.25, 0.3) is 0 Å². The van der Waals surface area contributed by atoms with Crippen LogP contribution < -0.4 is 5.73 Å². The van der Waals surface area contributed by atoms with E-state index in [1.165, 1.54) is 0 Å². The molecule has 0 fully saturated rings. The molecule has 0 aliphatic carbocycles. The van der Waals surface area contributed by atoms with Gasteiger partial charge in [0.05, 0.1) is 23.4 Å². The standard InChI is InChI=1S/C13H13N3O3S/c1-9-8-10(14)2-7-13(9)16-15-11-3-5-12(6-4-11)20-19-18-17/h2-8,17H,14H2,1H3. The molecular weight excluding hydrogens is 278 g/mol. The number of nitrogens with two attached hydrogens (primary N) is 1. The summed E-state index contributed by atoms with van der Waals surface area (Å²) in [6.45, 7) is 1.93. The Morgan fingerprint density at radius 1 is 1.10 bits per heavy atom. The number of anilines is 1. The maximum Gasteiger partial charge on any atom is 0.0887 e. The summed E-state index contributed by atoms with van der Waals surface area (Å²) in [6.07, 6.45) is 0. The van der Waals surface area contributed by atoms with Crippen molar-refractivity contribution in [3.63, 3.8) is 0 Å². The van der Waals surface area contributed by atoms with Gasteiger partial charge in [0.15, 0.2) is 0 Å². The molecule has 7 heteroatoms. The largest absolute Gasteiger partial charge is 0.399 e. The SMILES string of the molecule is Cc1cc(N)ccc1N=Nc1ccc(SOOO)cc1. The number of azo groups is 1. The van der Waals surface area contributed by atoms with E-state index in [1.807, 2.05) is 19.1 Å². The van der Waals surface area contributed by atoms with Crippen molar-refractivity contribution in [1.29, 1.82) is 0 Å². The average molecular weight is 291 g/mol. The van der Waals surface area contributed by atoms with Crippen molar-refractivity contribution in [2.24, 2.45) is 10.2 Å². The van der Waals surface area contributed by atoms with Gasteiger partial charge in [0, 0.05) is 10.6 Å². The minimum absolute atomic E-state index is 0.703. The number of hydrogen-bond acceptors (Lipinski definition) is 7. The number of nitrogens with zero attached hydrogens (tertiary/aromatic N) is 2. The van der Waals surface area contributed by atoms with E-state index in [-0.39, 0.29) is 0 Å². The zero-order chi connectivity index (χ0) is 14.4. The molecule has 0 bridgehead atoms. The number of hydrogen-bond donors (Lipinski definition) is 2. The van der Waals surface area contributed by atoms with Gasteiger partial charge < -0.3 is 5.73 Å². The van der Waals surface area contributed by atoms with Crippen LogP contribution in [0.15, 0.2) is 57.6 Å². The molecule has 2 aromatic rings. The summed E-state index contributed by atoms with van der Waals surface area (Å²) >= 11 is 0.889. The number of benzene rings is 2. The van der Waals surface area contributed by atoms with Crippen LogP contribution in [0.1, 0.15) is 5.56 Å². The fraction of sp³-hybridized carbons (Fsp3) is 0.0769. The van der Waals surface area contributed by atoms with Crippen molar-refractivity contribution in [3.8, 4) is 0 Å². The molecule has 20 heavy (non-hydrogen) atoms. The third-order valence-electron chi connectivity index (χ3n) is 2.49. The zero-order valence-electron chi connectivity index (χ0n) is 10.7. The van der Waals surface area contributed by atoms with Gasteiger partial charge in [-0.25, -0.2) is 5.26 Å². The highest BCUT2D eigenvalue weighted by Gasteiger charge is 1.98. The molecule has 6 nitrogen and oxygen atoms in total. The van der Waals surface area contributed by atoms with Gasteiger partial charge in [-0.2, -0.15) is 10.2 Å². The lowest BCUT2D eigenvalue weighted by atomic mass is 10.2. The molecule has 0 saturated carbocycles. The van der Waals surface area contributed by atoms with E-state index in [0.29, 0.717) is 11.4 Å². The highest BCUT2D eigenvalue weighted by Crippen LogP contribution is 2.26. The number of rotatable bonds is 5. The van der Waals surface area contributed by atoms with E-state index in [9.17, 15) is 0 Å². The van der Waals surface area contributed by atoms with Crippen LogP contribution in [0.2, 0.25) is 0 Å². The fourth-order valence-corrected chi connectivity index (χ4v) is 1.88. The molecule has 0 amide bonds. The topological polar surface area (TPSA) is 89.4 Å². The molecule has 0 heterocycles. The quantitative estimate of drug-likeness (QED) is 0.280. The summed E-state index contributed by atoms with van der Waals surface area (Å²) in [5.74, 6) is 0. The molecule has 2 rings (SSSR count). The van der Waals surface area contributed by atoms with E-state index >= 15 is 0 Å². The van der Waals surface area contributed by atoms with Gasteiger partial charge in [-0.15, -0.1) is 4.33 Å². The lowest BCUT2D eigenvalue weighted by Gasteiger charge is -2.00. The minimum Gasteiger partial charge on any atom is -0.399 e. The minimum atomic E-state index is 0.703. The fourth-order valence-electron chi connectivity index (χ4n) is 1.53. The van der Waals surface area contributed by atoms with Crippen LogP contribution in [-0.4, -0.2) is 5.26 Å². The Kier molecular flexibility index (Phi) is 5.08. The van der Waals surface area contributed by atoms with Crippen LogP contribution in [0.25, 0.3) is 0 Å². The number of aryl methyl sites for hydroxylation is 1. The highest BCUT2D eigenvalue weighted by atomic mass is 32.2. The summed E-state index contributed by atoms with van der Waals surface area (Å²) in [5.41, 5.74) is 8.82. The van der Waals surface area contributed by atoms with Crippen molar-refractivity contribution in [3.05, 3.63) is 48.0 Å². The second-order valence-corrected chi connectivity index (χ2v) is 4.74. The van der Waals surface area contributed by atoms with E-state index < -0.39 is 0 Å². The second-order valence-electron chi connectivity index (χ2n) is 3.97. The van der Waals surface area contributed by atoms with Gasteiger partial charge in [-0.3, -0.25) is 0 Å². The predicted octanol–water partition coefficient (Wildman–Crippen LogP) is 4.42. The van der Waals surface area contributed by atoms with Crippen LogP contribution in [0.5, 0.6) is 0 Å².